The number of carbonyl (C=O) groups is 2. The normalized spacial score (nSPS) is 12.1. The first-order valence-corrected chi connectivity index (χ1v) is 11.5. The molecule has 180 valence electrons. The molecule has 2 aromatic carbocycles. The second kappa shape index (κ2) is 11.2. The third kappa shape index (κ3) is 7.52. The van der Waals surface area contributed by atoms with Gasteiger partial charge in [0.25, 0.3) is 5.91 Å². The fraction of sp³-hybridized carbons (Fsp3) is 0.481. The van der Waals surface area contributed by atoms with Crippen molar-refractivity contribution in [2.45, 2.75) is 60.0 Å². The topological polar surface area (TPSA) is 61.9 Å². The fourth-order valence-electron chi connectivity index (χ4n) is 3.64. The molecule has 1 atom stereocenters. The van der Waals surface area contributed by atoms with E-state index in [2.05, 4.69) is 19.2 Å². The monoisotopic (exact) mass is 453 g/mol. The van der Waals surface area contributed by atoms with Gasteiger partial charge in [-0.1, -0.05) is 27.7 Å². The molecule has 0 spiro atoms. The lowest BCUT2D eigenvalue weighted by Crippen LogP contribution is -2.38. The summed E-state index contributed by atoms with van der Waals surface area (Å²) in [6, 6.07) is 13.1. The van der Waals surface area contributed by atoms with Crippen molar-refractivity contribution in [3.63, 3.8) is 0 Å². The molecule has 0 bridgehead atoms. The SMILES string of the molecule is CC[C@@H](C)N(Cc1cc(NC(=O)CC(C)(C)C)ccc1N(C)C)C(=O)c1ccc(OC)cc1. The van der Waals surface area contributed by atoms with Gasteiger partial charge in [-0.3, -0.25) is 9.59 Å². The molecular weight excluding hydrogens is 414 g/mol. The van der Waals surface area contributed by atoms with Gasteiger partial charge in [-0.25, -0.2) is 0 Å². The average Bonchev–Trinajstić information content (AvgIpc) is 2.75. The number of amides is 2. The summed E-state index contributed by atoms with van der Waals surface area (Å²) in [6.45, 7) is 10.7. The van der Waals surface area contributed by atoms with Crippen LogP contribution in [-0.4, -0.2) is 44.0 Å². The summed E-state index contributed by atoms with van der Waals surface area (Å²) in [5.41, 5.74) is 3.27. The van der Waals surface area contributed by atoms with Crippen molar-refractivity contribution in [2.24, 2.45) is 5.41 Å². The number of rotatable bonds is 9. The molecule has 0 heterocycles. The van der Waals surface area contributed by atoms with Crippen LogP contribution in [0.3, 0.4) is 0 Å². The van der Waals surface area contributed by atoms with Crippen LogP contribution in [-0.2, 0) is 11.3 Å². The molecule has 2 aromatic rings. The van der Waals surface area contributed by atoms with Crippen LogP contribution in [0.1, 0.15) is 63.4 Å². The van der Waals surface area contributed by atoms with Crippen LogP contribution in [0.25, 0.3) is 0 Å². The van der Waals surface area contributed by atoms with E-state index in [-0.39, 0.29) is 23.3 Å². The lowest BCUT2D eigenvalue weighted by molar-refractivity contribution is -0.117. The van der Waals surface area contributed by atoms with Gasteiger partial charge < -0.3 is 19.9 Å². The Morgan fingerprint density at radius 2 is 1.70 bits per heavy atom. The number of nitrogens with zero attached hydrogens (tertiary/aromatic N) is 2. The highest BCUT2D eigenvalue weighted by Crippen LogP contribution is 2.27. The van der Waals surface area contributed by atoms with Crippen molar-refractivity contribution >= 4 is 23.2 Å². The van der Waals surface area contributed by atoms with E-state index in [9.17, 15) is 9.59 Å². The lowest BCUT2D eigenvalue weighted by atomic mass is 9.92. The van der Waals surface area contributed by atoms with E-state index >= 15 is 0 Å². The Bertz CT molecular complexity index is 946. The molecule has 0 radical (unpaired) electrons. The van der Waals surface area contributed by atoms with E-state index < -0.39 is 0 Å². The van der Waals surface area contributed by atoms with E-state index in [1.165, 1.54) is 0 Å². The summed E-state index contributed by atoms with van der Waals surface area (Å²) in [6.07, 6.45) is 1.27. The van der Waals surface area contributed by atoms with Gasteiger partial charge in [0.05, 0.1) is 7.11 Å². The van der Waals surface area contributed by atoms with E-state index in [0.717, 1.165) is 29.1 Å². The highest BCUT2D eigenvalue weighted by Gasteiger charge is 2.23. The van der Waals surface area contributed by atoms with Crippen LogP contribution in [0.5, 0.6) is 5.75 Å². The van der Waals surface area contributed by atoms with Crippen molar-refractivity contribution in [2.75, 3.05) is 31.4 Å². The molecule has 1 N–H and O–H groups in total. The van der Waals surface area contributed by atoms with Crippen molar-refractivity contribution in [3.8, 4) is 5.75 Å². The summed E-state index contributed by atoms with van der Waals surface area (Å²) >= 11 is 0. The maximum Gasteiger partial charge on any atom is 0.254 e. The van der Waals surface area contributed by atoms with Crippen LogP contribution >= 0.6 is 0 Å². The van der Waals surface area contributed by atoms with Crippen LogP contribution in [0, 0.1) is 5.41 Å². The molecule has 6 nitrogen and oxygen atoms in total. The highest BCUT2D eigenvalue weighted by atomic mass is 16.5. The lowest BCUT2D eigenvalue weighted by Gasteiger charge is -2.31. The maximum absolute atomic E-state index is 13.5. The molecule has 0 aliphatic carbocycles. The molecule has 0 aliphatic rings. The van der Waals surface area contributed by atoms with Gasteiger partial charge >= 0.3 is 0 Å². The van der Waals surface area contributed by atoms with Crippen molar-refractivity contribution in [3.05, 3.63) is 53.6 Å². The Kier molecular flexibility index (Phi) is 8.91. The Labute approximate surface area is 198 Å². The third-order valence-electron chi connectivity index (χ3n) is 5.60. The molecule has 0 unspecified atom stereocenters. The van der Waals surface area contributed by atoms with Crippen molar-refractivity contribution < 1.29 is 14.3 Å². The number of hydrogen-bond acceptors (Lipinski definition) is 4. The smallest absolute Gasteiger partial charge is 0.254 e. The minimum Gasteiger partial charge on any atom is -0.497 e. The predicted molar refractivity (Wildman–Crippen MR) is 136 cm³/mol. The zero-order chi connectivity index (χ0) is 24.8. The van der Waals surface area contributed by atoms with Gasteiger partial charge in [-0.05, 0) is 66.8 Å². The quantitative estimate of drug-likeness (QED) is 0.539. The minimum absolute atomic E-state index is 0.0147. The number of benzene rings is 2. The first kappa shape index (κ1) is 26.2. The second-order valence-electron chi connectivity index (χ2n) is 9.94. The number of hydrogen-bond donors (Lipinski definition) is 1. The first-order chi connectivity index (χ1) is 15.4. The molecule has 33 heavy (non-hydrogen) atoms. The summed E-state index contributed by atoms with van der Waals surface area (Å²) in [5, 5.41) is 3.02. The molecule has 2 amide bonds. The Morgan fingerprint density at radius 1 is 1.06 bits per heavy atom. The summed E-state index contributed by atoms with van der Waals surface area (Å²) < 4.78 is 5.23. The molecule has 0 saturated carbocycles. The zero-order valence-electron chi connectivity index (χ0n) is 21.4. The van der Waals surface area contributed by atoms with E-state index in [1.807, 2.05) is 62.9 Å². The van der Waals surface area contributed by atoms with Gasteiger partial charge in [0.2, 0.25) is 5.91 Å². The standard InChI is InChI=1S/C27H39N3O3/c1-9-19(2)30(26(32)20-10-13-23(33-8)14-11-20)18-21-16-22(12-15-24(21)29(6)7)28-25(31)17-27(3,4)5/h10-16,19H,9,17-18H2,1-8H3,(H,28,31)/t19-/m1/s1. The highest BCUT2D eigenvalue weighted by molar-refractivity contribution is 5.95. The fourth-order valence-corrected chi connectivity index (χ4v) is 3.64. The van der Waals surface area contributed by atoms with Crippen LogP contribution in [0.15, 0.2) is 42.5 Å². The molecular formula is C27H39N3O3. The second-order valence-corrected chi connectivity index (χ2v) is 9.94. The number of ether oxygens (including phenoxy) is 1. The number of nitrogens with one attached hydrogen (secondary N) is 1. The maximum atomic E-state index is 13.5. The largest absolute Gasteiger partial charge is 0.497 e. The number of carbonyl (C=O) groups excluding carboxylic acids is 2. The predicted octanol–water partition coefficient (Wildman–Crippen LogP) is 5.58. The molecule has 2 rings (SSSR count). The van der Waals surface area contributed by atoms with E-state index in [4.69, 9.17) is 4.74 Å². The zero-order valence-corrected chi connectivity index (χ0v) is 21.4. The first-order valence-electron chi connectivity index (χ1n) is 11.5. The van der Waals surface area contributed by atoms with Crippen LogP contribution in [0.2, 0.25) is 0 Å². The van der Waals surface area contributed by atoms with Gasteiger partial charge in [-0.15, -0.1) is 0 Å². The van der Waals surface area contributed by atoms with Crippen molar-refractivity contribution in [1.82, 2.24) is 4.90 Å². The van der Waals surface area contributed by atoms with Gasteiger partial charge in [0.1, 0.15) is 5.75 Å². The molecule has 0 fully saturated rings. The van der Waals surface area contributed by atoms with Crippen LogP contribution in [0.4, 0.5) is 11.4 Å². The van der Waals surface area contributed by atoms with E-state index in [1.54, 1.807) is 31.4 Å². The Hall–Kier alpha value is -3.02. The van der Waals surface area contributed by atoms with Gasteiger partial charge in [0, 0.05) is 50.0 Å². The summed E-state index contributed by atoms with van der Waals surface area (Å²) in [5.74, 6) is 0.674. The molecule has 0 aromatic heterocycles. The molecule has 0 aliphatic heterocycles. The summed E-state index contributed by atoms with van der Waals surface area (Å²) in [4.78, 5) is 29.9. The Balaban J connectivity index is 2.36. The van der Waals surface area contributed by atoms with Gasteiger partial charge in [-0.2, -0.15) is 0 Å². The van der Waals surface area contributed by atoms with Gasteiger partial charge in [0.15, 0.2) is 0 Å². The number of methoxy groups -OCH3 is 1. The molecule has 6 heteroatoms. The van der Waals surface area contributed by atoms with Crippen LogP contribution < -0.4 is 15.0 Å². The number of anilines is 2. The van der Waals surface area contributed by atoms with Crippen molar-refractivity contribution in [1.29, 1.82) is 0 Å². The molecule has 0 saturated heterocycles. The average molecular weight is 454 g/mol. The summed E-state index contributed by atoms with van der Waals surface area (Å²) in [7, 11) is 5.57. The Morgan fingerprint density at radius 3 is 2.21 bits per heavy atom. The third-order valence-corrected chi connectivity index (χ3v) is 5.60. The minimum atomic E-state index is -0.0887. The van der Waals surface area contributed by atoms with E-state index in [0.29, 0.717) is 18.5 Å².